The molecule has 31 heavy (non-hydrogen) atoms. The van der Waals surface area contributed by atoms with Crippen molar-refractivity contribution < 1.29 is 14.7 Å². The fraction of sp³-hybridized carbons (Fsp3) is 0.478. The van der Waals surface area contributed by atoms with Crippen LogP contribution in [0.2, 0.25) is 5.02 Å². The SMILES string of the molecule is O=C(CN1CCC(CO)CC1)Nc1sc2c(c1C(=O)Nc1ccc(Cl)cc1)CCCC2. The smallest absolute Gasteiger partial charge is 0.258 e. The van der Waals surface area contributed by atoms with E-state index in [1.54, 1.807) is 24.3 Å². The summed E-state index contributed by atoms with van der Waals surface area (Å²) in [6, 6.07) is 7.02. The second kappa shape index (κ2) is 10.1. The summed E-state index contributed by atoms with van der Waals surface area (Å²) in [6.07, 6.45) is 5.79. The standard InChI is InChI=1S/C23H28ClN3O3S/c24-16-5-7-17(8-6-16)25-22(30)21-18-3-1-2-4-19(18)31-23(21)26-20(29)13-27-11-9-15(14-28)10-12-27/h5-8,15,28H,1-4,9-14H2,(H,25,30)(H,26,29). The van der Waals surface area contributed by atoms with Gasteiger partial charge in [-0.3, -0.25) is 14.5 Å². The topological polar surface area (TPSA) is 81.7 Å². The van der Waals surface area contributed by atoms with Crippen LogP contribution >= 0.6 is 22.9 Å². The van der Waals surface area contributed by atoms with Gasteiger partial charge in [-0.2, -0.15) is 0 Å². The van der Waals surface area contributed by atoms with Gasteiger partial charge in [0.25, 0.3) is 5.91 Å². The summed E-state index contributed by atoms with van der Waals surface area (Å²) in [5.74, 6) is 0.0499. The third-order valence-corrected chi connectivity index (χ3v) is 7.55. The first-order valence-electron chi connectivity index (χ1n) is 10.9. The van der Waals surface area contributed by atoms with E-state index in [4.69, 9.17) is 11.6 Å². The number of benzene rings is 1. The van der Waals surface area contributed by atoms with Crippen molar-refractivity contribution in [3.8, 4) is 0 Å². The first kappa shape index (κ1) is 22.3. The molecule has 4 rings (SSSR count). The van der Waals surface area contributed by atoms with Gasteiger partial charge in [-0.25, -0.2) is 0 Å². The molecule has 3 N–H and O–H groups in total. The number of piperidine rings is 1. The molecule has 6 nitrogen and oxygen atoms in total. The van der Waals surface area contributed by atoms with Crippen molar-refractivity contribution in [1.29, 1.82) is 0 Å². The van der Waals surface area contributed by atoms with Crippen molar-refractivity contribution in [2.24, 2.45) is 5.92 Å². The van der Waals surface area contributed by atoms with Gasteiger partial charge < -0.3 is 15.7 Å². The number of aryl methyl sites for hydroxylation is 1. The summed E-state index contributed by atoms with van der Waals surface area (Å²) in [5.41, 5.74) is 2.35. The molecule has 2 aromatic rings. The minimum atomic E-state index is -0.194. The molecule has 1 aromatic heterocycles. The lowest BCUT2D eigenvalue weighted by Crippen LogP contribution is -2.39. The van der Waals surface area contributed by atoms with Gasteiger partial charge in [0.15, 0.2) is 0 Å². The molecule has 8 heteroatoms. The Hall–Kier alpha value is -1.93. The van der Waals surface area contributed by atoms with Crippen LogP contribution in [0, 0.1) is 5.92 Å². The first-order valence-corrected chi connectivity index (χ1v) is 12.1. The quantitative estimate of drug-likeness (QED) is 0.602. The lowest BCUT2D eigenvalue weighted by Gasteiger charge is -2.30. The van der Waals surface area contributed by atoms with Crippen molar-refractivity contribution in [2.45, 2.75) is 38.5 Å². The van der Waals surface area contributed by atoms with Crippen LogP contribution < -0.4 is 10.6 Å². The van der Waals surface area contributed by atoms with Crippen molar-refractivity contribution in [3.05, 3.63) is 45.3 Å². The molecule has 166 valence electrons. The molecule has 0 unspecified atom stereocenters. The van der Waals surface area contributed by atoms with Gasteiger partial charge in [-0.15, -0.1) is 11.3 Å². The third kappa shape index (κ3) is 5.47. The van der Waals surface area contributed by atoms with Gasteiger partial charge in [0.05, 0.1) is 12.1 Å². The second-order valence-electron chi connectivity index (χ2n) is 8.33. The predicted octanol–water partition coefficient (Wildman–Crippen LogP) is 4.18. The van der Waals surface area contributed by atoms with Crippen LogP contribution in [0.5, 0.6) is 0 Å². The number of carbonyl (C=O) groups is 2. The Balaban J connectivity index is 1.48. The number of nitrogens with zero attached hydrogens (tertiary/aromatic N) is 1. The average molecular weight is 462 g/mol. The predicted molar refractivity (Wildman–Crippen MR) is 125 cm³/mol. The van der Waals surface area contributed by atoms with E-state index in [1.165, 1.54) is 16.2 Å². The number of amides is 2. The molecule has 0 spiro atoms. The number of fused-ring (bicyclic) bond motifs is 1. The van der Waals surface area contributed by atoms with Crippen LogP contribution in [0.4, 0.5) is 10.7 Å². The number of aliphatic hydroxyl groups is 1. The maximum Gasteiger partial charge on any atom is 0.258 e. The first-order chi connectivity index (χ1) is 15.0. The van der Waals surface area contributed by atoms with Crippen LogP contribution in [-0.4, -0.2) is 48.1 Å². The Kier molecular flexibility index (Phi) is 7.27. The van der Waals surface area contributed by atoms with Crippen molar-refractivity contribution in [3.63, 3.8) is 0 Å². The zero-order chi connectivity index (χ0) is 21.8. The second-order valence-corrected chi connectivity index (χ2v) is 9.87. The maximum absolute atomic E-state index is 13.2. The minimum Gasteiger partial charge on any atom is -0.396 e. The highest BCUT2D eigenvalue weighted by atomic mass is 35.5. The van der Waals surface area contributed by atoms with Crippen LogP contribution in [0.25, 0.3) is 0 Å². The Morgan fingerprint density at radius 2 is 1.81 bits per heavy atom. The monoisotopic (exact) mass is 461 g/mol. The van der Waals surface area contributed by atoms with E-state index in [-0.39, 0.29) is 18.4 Å². The number of hydrogen-bond donors (Lipinski definition) is 3. The summed E-state index contributed by atoms with van der Waals surface area (Å²) < 4.78 is 0. The van der Waals surface area contributed by atoms with Gasteiger partial charge in [0.2, 0.25) is 5.91 Å². The highest BCUT2D eigenvalue weighted by Crippen LogP contribution is 2.38. The maximum atomic E-state index is 13.2. The Morgan fingerprint density at radius 1 is 1.10 bits per heavy atom. The number of likely N-dealkylation sites (tertiary alicyclic amines) is 1. The molecule has 2 amide bonds. The van der Waals surface area contributed by atoms with Crippen LogP contribution in [-0.2, 0) is 17.6 Å². The van der Waals surface area contributed by atoms with Gasteiger partial charge in [-0.05, 0) is 87.4 Å². The molecule has 1 aromatic carbocycles. The number of aliphatic hydroxyl groups excluding tert-OH is 1. The minimum absolute atomic E-state index is 0.0958. The van der Waals surface area contributed by atoms with E-state index in [9.17, 15) is 14.7 Å². The third-order valence-electron chi connectivity index (χ3n) is 6.09. The fourth-order valence-electron chi connectivity index (χ4n) is 4.32. The van der Waals surface area contributed by atoms with Crippen molar-refractivity contribution >= 4 is 45.4 Å². The zero-order valence-electron chi connectivity index (χ0n) is 17.5. The van der Waals surface area contributed by atoms with E-state index in [1.807, 2.05) is 0 Å². The van der Waals surface area contributed by atoms with Crippen LogP contribution in [0.3, 0.4) is 0 Å². The van der Waals surface area contributed by atoms with E-state index in [2.05, 4.69) is 15.5 Å². The Bertz CT molecular complexity index is 936. The van der Waals surface area contributed by atoms with Gasteiger partial charge in [0, 0.05) is 22.2 Å². The molecule has 0 bridgehead atoms. The van der Waals surface area contributed by atoms with Crippen LogP contribution in [0.15, 0.2) is 24.3 Å². The van der Waals surface area contributed by atoms with Crippen molar-refractivity contribution in [2.75, 3.05) is 36.9 Å². The number of rotatable bonds is 6. The highest BCUT2D eigenvalue weighted by molar-refractivity contribution is 7.17. The summed E-state index contributed by atoms with van der Waals surface area (Å²) in [6.45, 7) is 2.14. The largest absolute Gasteiger partial charge is 0.396 e. The van der Waals surface area contributed by atoms with E-state index >= 15 is 0 Å². The van der Waals surface area contributed by atoms with Crippen molar-refractivity contribution in [1.82, 2.24) is 4.90 Å². The Morgan fingerprint density at radius 3 is 2.52 bits per heavy atom. The molecular weight excluding hydrogens is 434 g/mol. The lowest BCUT2D eigenvalue weighted by atomic mass is 9.95. The molecule has 0 atom stereocenters. The summed E-state index contributed by atoms with van der Waals surface area (Å²) in [7, 11) is 0. The Labute approximate surface area is 191 Å². The molecule has 2 heterocycles. The normalized spacial score (nSPS) is 17.2. The molecule has 1 aliphatic heterocycles. The number of halogens is 1. The number of carbonyl (C=O) groups excluding carboxylic acids is 2. The molecule has 1 fully saturated rings. The van der Waals surface area contributed by atoms with E-state index < -0.39 is 0 Å². The summed E-state index contributed by atoms with van der Waals surface area (Å²) >= 11 is 7.48. The fourth-order valence-corrected chi connectivity index (χ4v) is 5.75. The van der Waals surface area contributed by atoms with Crippen LogP contribution in [0.1, 0.15) is 46.5 Å². The number of anilines is 2. The number of hydrogen-bond acceptors (Lipinski definition) is 5. The van der Waals surface area contributed by atoms with Gasteiger partial charge >= 0.3 is 0 Å². The number of nitrogens with one attached hydrogen (secondary N) is 2. The van der Waals surface area contributed by atoms with E-state index in [0.717, 1.165) is 57.2 Å². The zero-order valence-corrected chi connectivity index (χ0v) is 19.0. The summed E-state index contributed by atoms with van der Waals surface area (Å²) in [5, 5.41) is 16.5. The van der Waals surface area contributed by atoms with Gasteiger partial charge in [-0.1, -0.05) is 11.6 Å². The lowest BCUT2D eigenvalue weighted by molar-refractivity contribution is -0.117. The molecule has 1 aliphatic carbocycles. The molecular formula is C23H28ClN3O3S. The summed E-state index contributed by atoms with van der Waals surface area (Å²) in [4.78, 5) is 29.3. The molecule has 0 saturated carbocycles. The highest BCUT2D eigenvalue weighted by Gasteiger charge is 2.27. The van der Waals surface area contributed by atoms with E-state index in [0.29, 0.717) is 33.7 Å². The number of thiophene rings is 1. The molecule has 0 radical (unpaired) electrons. The molecule has 2 aliphatic rings. The molecule has 1 saturated heterocycles. The van der Waals surface area contributed by atoms with Gasteiger partial charge in [0.1, 0.15) is 5.00 Å². The average Bonchev–Trinajstić information content (AvgIpc) is 3.13.